The molecule has 6 aromatic carbocycles. The van der Waals surface area contributed by atoms with E-state index in [9.17, 15) is 9.36 Å². The largest absolute Gasteiger partial charge is 0.494 e. The Morgan fingerprint density at radius 1 is 0.548 bits per heavy atom. The Morgan fingerprint density at radius 3 is 1.77 bits per heavy atom. The molecule has 0 radical (unpaired) electrons. The van der Waals surface area contributed by atoms with Gasteiger partial charge in [0.25, 0.3) is 0 Å². The molecule has 0 fully saturated rings. The molecule has 0 unspecified atom stereocenters. The number of nitrogens with zero attached hydrogens (tertiary/aromatic N) is 5. The van der Waals surface area contributed by atoms with Crippen molar-refractivity contribution >= 4 is 23.7 Å². The monoisotopic (exact) mass is 985 g/mol. The number of pyridine rings is 2. The van der Waals surface area contributed by atoms with Gasteiger partial charge in [0.05, 0.1) is 66.7 Å². The SMILES string of the molecule is COC(=O)c1cc(-c2ccccc2)cc(-n2cc(CP(=O)(c3ccccc3)c3ccccc3)nn2)c1.c1cc2nc(c1)-c1cccc(n1)-c1ccc(cc1)OCCCCCCCCOc1ccc(cc1)CCC2. The first-order chi connectivity index (χ1) is 35.9. The van der Waals surface area contributed by atoms with Crippen molar-refractivity contribution in [1.82, 2.24) is 25.0 Å². The number of methoxy groups -OCH3 is 1. The first kappa shape index (κ1) is 50.0. The van der Waals surface area contributed by atoms with Gasteiger partial charge in [-0.15, -0.1) is 5.10 Å². The van der Waals surface area contributed by atoms with Crippen LogP contribution in [0.2, 0.25) is 0 Å². The molecule has 0 atom stereocenters. The fourth-order valence-corrected chi connectivity index (χ4v) is 11.5. The number of carbonyl (C=O) groups excluding carboxylic acids is 1. The maximum Gasteiger partial charge on any atom is 0.337 e. The van der Waals surface area contributed by atoms with Crippen LogP contribution in [0.3, 0.4) is 0 Å². The van der Waals surface area contributed by atoms with Crippen LogP contribution >= 0.6 is 7.14 Å². The zero-order valence-corrected chi connectivity index (χ0v) is 42.2. The van der Waals surface area contributed by atoms with E-state index >= 15 is 0 Å². The van der Waals surface area contributed by atoms with E-state index in [0.717, 1.165) is 107 Å². The molecule has 0 spiro atoms. The van der Waals surface area contributed by atoms with Gasteiger partial charge in [0.2, 0.25) is 0 Å². The number of esters is 1. The highest BCUT2D eigenvalue weighted by molar-refractivity contribution is 7.78. The summed E-state index contributed by atoms with van der Waals surface area (Å²) in [6.07, 6.45) is 12.1. The smallest absolute Gasteiger partial charge is 0.337 e. The number of aryl methyl sites for hydroxylation is 2. The van der Waals surface area contributed by atoms with E-state index < -0.39 is 13.1 Å². The van der Waals surface area contributed by atoms with Gasteiger partial charge in [0.1, 0.15) is 18.6 Å². The Bertz CT molecular complexity index is 3180. The molecule has 4 aliphatic rings. The third-order valence-corrected chi connectivity index (χ3v) is 15.9. The second-order valence-corrected chi connectivity index (χ2v) is 20.9. The van der Waals surface area contributed by atoms with Crippen molar-refractivity contribution in [1.29, 1.82) is 0 Å². The van der Waals surface area contributed by atoms with Crippen LogP contribution in [0.25, 0.3) is 39.5 Å². The normalized spacial score (nSPS) is 13.3. The maximum absolute atomic E-state index is 14.4. The van der Waals surface area contributed by atoms with Gasteiger partial charge >= 0.3 is 5.97 Å². The highest BCUT2D eigenvalue weighted by Gasteiger charge is 2.29. The number of benzene rings is 6. The molecule has 0 N–H and O–H groups in total. The average Bonchev–Trinajstić information content (AvgIpc) is 3.93. The Morgan fingerprint density at radius 2 is 1.12 bits per heavy atom. The number of rotatable bonds is 7. The number of aromatic nitrogens is 5. The average molecular weight is 986 g/mol. The molecule has 368 valence electrons. The molecule has 0 aliphatic carbocycles. The second-order valence-electron chi connectivity index (χ2n) is 18.1. The fourth-order valence-electron chi connectivity index (χ4n) is 8.91. The molecule has 0 amide bonds. The molecule has 0 saturated carbocycles. The van der Waals surface area contributed by atoms with Crippen molar-refractivity contribution in [3.63, 3.8) is 0 Å². The van der Waals surface area contributed by atoms with Gasteiger partial charge < -0.3 is 18.8 Å². The van der Waals surface area contributed by atoms with E-state index in [2.05, 4.69) is 71.0 Å². The van der Waals surface area contributed by atoms with Crippen molar-refractivity contribution in [2.75, 3.05) is 20.3 Å². The Balaban J connectivity index is 0.000000180. The molecule has 0 saturated heterocycles. The lowest BCUT2D eigenvalue weighted by molar-refractivity contribution is 0.0600. The van der Waals surface area contributed by atoms with Crippen molar-refractivity contribution in [2.45, 2.75) is 63.9 Å². The van der Waals surface area contributed by atoms with Gasteiger partial charge in [0.15, 0.2) is 0 Å². The van der Waals surface area contributed by atoms with Crippen molar-refractivity contribution in [2.24, 2.45) is 0 Å². The zero-order chi connectivity index (χ0) is 50.1. The van der Waals surface area contributed by atoms with E-state index in [-0.39, 0.29) is 6.16 Å². The summed E-state index contributed by atoms with van der Waals surface area (Å²) in [6.45, 7) is 1.55. The molecule has 10 nitrogen and oxygen atoms in total. The predicted octanol–water partition coefficient (Wildman–Crippen LogP) is 13.3. The lowest BCUT2D eigenvalue weighted by Crippen LogP contribution is -2.17. The predicted molar refractivity (Wildman–Crippen MR) is 292 cm³/mol. The second kappa shape index (κ2) is 24.9. The Labute approximate surface area is 428 Å². The van der Waals surface area contributed by atoms with Gasteiger partial charge in [-0.25, -0.2) is 14.5 Å². The van der Waals surface area contributed by atoms with Crippen LogP contribution in [0.4, 0.5) is 0 Å². The number of hydrogen-bond donors (Lipinski definition) is 0. The van der Waals surface area contributed by atoms with Crippen LogP contribution in [0.5, 0.6) is 11.5 Å². The third kappa shape index (κ3) is 13.5. The molecule has 73 heavy (non-hydrogen) atoms. The van der Waals surface area contributed by atoms with Gasteiger partial charge in [-0.1, -0.05) is 146 Å². The summed E-state index contributed by atoms with van der Waals surface area (Å²) in [7, 11) is -1.64. The molecule has 11 heteroatoms. The van der Waals surface area contributed by atoms with Crippen LogP contribution in [0.1, 0.15) is 72.3 Å². The van der Waals surface area contributed by atoms with Crippen LogP contribution in [-0.4, -0.2) is 51.3 Å². The van der Waals surface area contributed by atoms with Crippen molar-refractivity contribution in [3.8, 4) is 51.0 Å². The third-order valence-electron chi connectivity index (χ3n) is 12.8. The first-order valence-corrected chi connectivity index (χ1v) is 27.1. The lowest BCUT2D eigenvalue weighted by atomic mass is 10.0. The first-order valence-electron chi connectivity index (χ1n) is 25.2. The van der Waals surface area contributed by atoms with E-state index in [1.807, 2.05) is 121 Å². The topological polar surface area (TPSA) is 118 Å². The van der Waals surface area contributed by atoms with Gasteiger partial charge in [0, 0.05) is 21.9 Å². The standard InChI is InChI=1S/C33H36N2O2.C29H24N3O3P/c1-2-4-6-25-37-30-22-18-27(19-23-30)31-13-9-15-33(35-31)32-14-8-12-28(34-32)11-7-10-26-16-20-29(21-17-26)36-24-5-3-1;1-35-29(33)24-17-23(22-11-5-2-6-12-22)18-26(19-24)32-20-25(30-31-32)21-36(34,27-13-7-3-8-14-27)28-15-9-4-10-16-28/h8-9,12-23H,1-7,10-11,24-25H2;2-20H,21H2,1H3. The summed E-state index contributed by atoms with van der Waals surface area (Å²) < 4.78 is 32.9. The minimum atomic E-state index is -3.00. The Kier molecular flexibility index (Phi) is 17.1. The number of hydrogen-bond acceptors (Lipinski definition) is 9. The summed E-state index contributed by atoms with van der Waals surface area (Å²) in [6, 6.07) is 63.4. The zero-order valence-electron chi connectivity index (χ0n) is 41.3. The van der Waals surface area contributed by atoms with Crippen molar-refractivity contribution < 1.29 is 23.6 Å². The highest BCUT2D eigenvalue weighted by Crippen LogP contribution is 2.46. The molecular formula is C62H60N5O5P. The fraction of sp³-hybridized carbons (Fsp3) is 0.210. The molecule has 8 bridgehead atoms. The van der Waals surface area contributed by atoms with Crippen molar-refractivity contribution in [3.05, 3.63) is 223 Å². The molecular weight excluding hydrogens is 926 g/mol. The van der Waals surface area contributed by atoms with E-state index in [1.54, 1.807) is 23.0 Å². The molecule has 3 aromatic heterocycles. The highest BCUT2D eigenvalue weighted by atomic mass is 31.2. The van der Waals surface area contributed by atoms with Gasteiger partial charge in [-0.2, -0.15) is 0 Å². The lowest BCUT2D eigenvalue weighted by Gasteiger charge is -2.18. The van der Waals surface area contributed by atoms with Crippen LogP contribution in [-0.2, 0) is 28.3 Å². The number of carbonyl (C=O) groups is 1. The van der Waals surface area contributed by atoms with Gasteiger partial charge in [-0.3, -0.25) is 4.98 Å². The van der Waals surface area contributed by atoms with Crippen LogP contribution in [0, 0.1) is 0 Å². The summed E-state index contributed by atoms with van der Waals surface area (Å²) in [5.41, 5.74) is 9.75. The summed E-state index contributed by atoms with van der Waals surface area (Å²) in [4.78, 5) is 22.2. The van der Waals surface area contributed by atoms with E-state index in [0.29, 0.717) is 16.9 Å². The van der Waals surface area contributed by atoms with Gasteiger partial charge in [-0.05, 0) is 128 Å². The summed E-state index contributed by atoms with van der Waals surface area (Å²) in [5.74, 6) is 1.44. The molecule has 9 aromatic rings. The minimum Gasteiger partial charge on any atom is -0.494 e. The minimum absolute atomic E-state index is 0.225. The Hall–Kier alpha value is -7.94. The van der Waals surface area contributed by atoms with E-state index in [4.69, 9.17) is 24.2 Å². The molecule has 4 aliphatic heterocycles. The van der Waals surface area contributed by atoms with Crippen LogP contribution < -0.4 is 20.1 Å². The maximum atomic E-state index is 14.4. The molecule has 13 rings (SSSR count). The van der Waals surface area contributed by atoms with E-state index in [1.165, 1.54) is 38.4 Å². The summed E-state index contributed by atoms with van der Waals surface area (Å²) in [5, 5.41) is 10.2. The van der Waals surface area contributed by atoms with Crippen LogP contribution in [0.15, 0.2) is 200 Å². The number of ether oxygens (including phenoxy) is 3. The molecule has 7 heterocycles. The quantitative estimate of drug-likeness (QED) is 0.114. The summed E-state index contributed by atoms with van der Waals surface area (Å²) >= 11 is 0.